The van der Waals surface area contributed by atoms with Crippen molar-refractivity contribution < 1.29 is 9.50 Å². The standard InChI is InChI=1S/C13H10ClFN2OS/c14-10-3-1-2-9(12(10)15)11(18)6-8-7-17-4-5-19-13(17)16-8/h1-5,7,11,18H,6H2. The number of rotatable bonds is 3. The molecule has 1 aromatic carbocycles. The number of fused-ring (bicyclic) bond motifs is 1. The van der Waals surface area contributed by atoms with Crippen LogP contribution in [0.3, 0.4) is 0 Å². The van der Waals surface area contributed by atoms with Crippen molar-refractivity contribution in [3.63, 3.8) is 0 Å². The van der Waals surface area contributed by atoms with Crippen LogP contribution in [-0.2, 0) is 6.42 Å². The molecular formula is C13H10ClFN2OS. The molecule has 1 N–H and O–H groups in total. The normalized spacial score (nSPS) is 13.0. The Morgan fingerprint density at radius 2 is 2.32 bits per heavy atom. The molecule has 0 aliphatic rings. The third-order valence-electron chi connectivity index (χ3n) is 2.89. The summed E-state index contributed by atoms with van der Waals surface area (Å²) in [6.07, 6.45) is 3.02. The van der Waals surface area contributed by atoms with Gasteiger partial charge in [0, 0.05) is 29.8 Å². The molecule has 0 saturated heterocycles. The van der Waals surface area contributed by atoms with E-state index in [1.54, 1.807) is 6.07 Å². The van der Waals surface area contributed by atoms with E-state index in [9.17, 15) is 9.50 Å². The van der Waals surface area contributed by atoms with E-state index in [-0.39, 0.29) is 17.0 Å². The first kappa shape index (κ1) is 12.6. The lowest BCUT2D eigenvalue weighted by Crippen LogP contribution is -2.05. The van der Waals surface area contributed by atoms with E-state index in [1.807, 2.05) is 22.2 Å². The fraction of sp³-hybridized carbons (Fsp3) is 0.154. The summed E-state index contributed by atoms with van der Waals surface area (Å²) in [6.45, 7) is 0. The Balaban J connectivity index is 1.86. The number of hydrogen-bond acceptors (Lipinski definition) is 3. The molecule has 3 rings (SSSR count). The van der Waals surface area contributed by atoms with Crippen molar-refractivity contribution in [1.29, 1.82) is 0 Å². The van der Waals surface area contributed by atoms with E-state index >= 15 is 0 Å². The number of halogens is 2. The molecule has 2 aromatic heterocycles. The van der Waals surface area contributed by atoms with Crippen LogP contribution in [0.2, 0.25) is 5.02 Å². The van der Waals surface area contributed by atoms with Crippen LogP contribution < -0.4 is 0 Å². The van der Waals surface area contributed by atoms with Crippen molar-refractivity contribution in [2.45, 2.75) is 12.5 Å². The topological polar surface area (TPSA) is 37.5 Å². The van der Waals surface area contributed by atoms with Crippen LogP contribution in [0.1, 0.15) is 17.4 Å². The van der Waals surface area contributed by atoms with Gasteiger partial charge in [0.05, 0.1) is 16.8 Å². The number of aliphatic hydroxyl groups excluding tert-OH is 1. The zero-order valence-corrected chi connectivity index (χ0v) is 11.3. The summed E-state index contributed by atoms with van der Waals surface area (Å²) in [7, 11) is 0. The predicted molar refractivity (Wildman–Crippen MR) is 73.1 cm³/mol. The Labute approximate surface area is 117 Å². The number of thiazole rings is 1. The van der Waals surface area contributed by atoms with Gasteiger partial charge >= 0.3 is 0 Å². The number of aromatic nitrogens is 2. The van der Waals surface area contributed by atoms with Crippen LogP contribution in [0, 0.1) is 5.82 Å². The van der Waals surface area contributed by atoms with Crippen molar-refractivity contribution >= 4 is 27.9 Å². The largest absolute Gasteiger partial charge is 0.388 e. The number of nitrogens with zero attached hydrogens (tertiary/aromatic N) is 2. The Kier molecular flexibility index (Phi) is 3.26. The Morgan fingerprint density at radius 1 is 1.47 bits per heavy atom. The Hall–Kier alpha value is -1.43. The quantitative estimate of drug-likeness (QED) is 0.803. The first-order chi connectivity index (χ1) is 9.15. The van der Waals surface area contributed by atoms with E-state index in [1.165, 1.54) is 23.5 Å². The second-order valence-electron chi connectivity index (χ2n) is 4.19. The second-order valence-corrected chi connectivity index (χ2v) is 5.47. The number of benzene rings is 1. The highest BCUT2D eigenvalue weighted by Gasteiger charge is 2.17. The fourth-order valence-electron chi connectivity index (χ4n) is 1.96. The molecule has 2 heterocycles. The van der Waals surface area contributed by atoms with Crippen LogP contribution >= 0.6 is 22.9 Å². The Bertz CT molecular complexity index is 696. The molecule has 19 heavy (non-hydrogen) atoms. The van der Waals surface area contributed by atoms with E-state index < -0.39 is 11.9 Å². The SMILES string of the molecule is OC(Cc1cn2ccsc2n1)c1cccc(Cl)c1F. The van der Waals surface area contributed by atoms with Crippen LogP contribution in [0.25, 0.3) is 4.96 Å². The monoisotopic (exact) mass is 296 g/mol. The van der Waals surface area contributed by atoms with Gasteiger partial charge in [-0.15, -0.1) is 11.3 Å². The molecule has 0 radical (unpaired) electrons. The number of aliphatic hydroxyl groups is 1. The highest BCUT2D eigenvalue weighted by molar-refractivity contribution is 7.15. The highest BCUT2D eigenvalue weighted by atomic mass is 35.5. The summed E-state index contributed by atoms with van der Waals surface area (Å²) in [5.41, 5.74) is 0.919. The molecule has 0 amide bonds. The summed E-state index contributed by atoms with van der Waals surface area (Å²) in [5.74, 6) is -0.572. The molecule has 6 heteroatoms. The zero-order chi connectivity index (χ0) is 13.4. The van der Waals surface area contributed by atoms with Crippen LogP contribution in [0.4, 0.5) is 4.39 Å². The van der Waals surface area contributed by atoms with Crippen molar-refractivity contribution in [3.05, 3.63) is 58.1 Å². The average molecular weight is 297 g/mol. The maximum atomic E-state index is 13.8. The fourth-order valence-corrected chi connectivity index (χ4v) is 2.86. The lowest BCUT2D eigenvalue weighted by atomic mass is 10.0. The van der Waals surface area contributed by atoms with E-state index in [2.05, 4.69) is 4.98 Å². The molecule has 0 fully saturated rings. The first-order valence-corrected chi connectivity index (χ1v) is 6.94. The molecule has 3 aromatic rings. The summed E-state index contributed by atoms with van der Waals surface area (Å²) < 4.78 is 15.7. The molecule has 1 atom stereocenters. The summed E-state index contributed by atoms with van der Waals surface area (Å²) in [6, 6.07) is 4.61. The van der Waals surface area contributed by atoms with Gasteiger partial charge in [-0.05, 0) is 6.07 Å². The van der Waals surface area contributed by atoms with E-state index in [4.69, 9.17) is 11.6 Å². The van der Waals surface area contributed by atoms with Gasteiger partial charge in [-0.3, -0.25) is 4.40 Å². The molecular weight excluding hydrogens is 287 g/mol. The van der Waals surface area contributed by atoms with Crippen LogP contribution in [-0.4, -0.2) is 14.5 Å². The van der Waals surface area contributed by atoms with Gasteiger partial charge in [-0.2, -0.15) is 0 Å². The molecule has 0 spiro atoms. The molecule has 98 valence electrons. The molecule has 0 saturated carbocycles. The van der Waals surface area contributed by atoms with Crippen molar-refractivity contribution in [2.75, 3.05) is 0 Å². The predicted octanol–water partition coefficient (Wildman–Crippen LogP) is 3.46. The van der Waals surface area contributed by atoms with Gasteiger partial charge in [-0.1, -0.05) is 23.7 Å². The molecule has 0 aliphatic carbocycles. The third-order valence-corrected chi connectivity index (χ3v) is 3.95. The van der Waals surface area contributed by atoms with Crippen molar-refractivity contribution in [2.24, 2.45) is 0 Å². The smallest absolute Gasteiger partial charge is 0.193 e. The molecule has 3 nitrogen and oxygen atoms in total. The Morgan fingerprint density at radius 3 is 3.11 bits per heavy atom. The second kappa shape index (κ2) is 4.92. The van der Waals surface area contributed by atoms with E-state index in [0.29, 0.717) is 0 Å². The van der Waals surface area contributed by atoms with Gasteiger partial charge in [0.2, 0.25) is 0 Å². The zero-order valence-electron chi connectivity index (χ0n) is 9.75. The van der Waals surface area contributed by atoms with Crippen LogP contribution in [0.5, 0.6) is 0 Å². The van der Waals surface area contributed by atoms with Gasteiger partial charge in [0.25, 0.3) is 0 Å². The molecule has 0 aliphatic heterocycles. The number of imidazole rings is 1. The minimum absolute atomic E-state index is 0.0161. The maximum Gasteiger partial charge on any atom is 0.193 e. The summed E-state index contributed by atoms with van der Waals surface area (Å²) >= 11 is 7.22. The van der Waals surface area contributed by atoms with Gasteiger partial charge in [0.15, 0.2) is 4.96 Å². The van der Waals surface area contributed by atoms with Crippen LogP contribution in [0.15, 0.2) is 36.0 Å². The van der Waals surface area contributed by atoms with Crippen molar-refractivity contribution in [1.82, 2.24) is 9.38 Å². The van der Waals surface area contributed by atoms with E-state index in [0.717, 1.165) is 10.7 Å². The minimum Gasteiger partial charge on any atom is -0.388 e. The maximum absolute atomic E-state index is 13.8. The average Bonchev–Trinajstić information content (AvgIpc) is 2.93. The molecule has 0 bridgehead atoms. The first-order valence-electron chi connectivity index (χ1n) is 5.68. The molecule has 1 unspecified atom stereocenters. The highest BCUT2D eigenvalue weighted by Crippen LogP contribution is 2.26. The van der Waals surface area contributed by atoms with Gasteiger partial charge in [-0.25, -0.2) is 9.37 Å². The third kappa shape index (κ3) is 2.36. The van der Waals surface area contributed by atoms with Gasteiger partial charge < -0.3 is 5.11 Å². The number of hydrogen-bond donors (Lipinski definition) is 1. The summed E-state index contributed by atoms with van der Waals surface area (Å²) in [4.78, 5) is 5.21. The lowest BCUT2D eigenvalue weighted by molar-refractivity contribution is 0.172. The minimum atomic E-state index is -0.955. The van der Waals surface area contributed by atoms with Crippen molar-refractivity contribution in [3.8, 4) is 0 Å². The lowest BCUT2D eigenvalue weighted by Gasteiger charge is -2.11. The van der Waals surface area contributed by atoms with Gasteiger partial charge in [0.1, 0.15) is 5.82 Å². The summed E-state index contributed by atoms with van der Waals surface area (Å²) in [5, 5.41) is 12.0.